The van der Waals surface area contributed by atoms with Crippen LogP contribution in [0.2, 0.25) is 0 Å². The Hall–Kier alpha value is -1.80. The van der Waals surface area contributed by atoms with E-state index in [1.54, 1.807) is 0 Å². The number of anilines is 1. The van der Waals surface area contributed by atoms with Gasteiger partial charge in [0, 0.05) is 17.6 Å². The van der Waals surface area contributed by atoms with Crippen molar-refractivity contribution in [1.82, 2.24) is 0 Å². The van der Waals surface area contributed by atoms with E-state index in [1.807, 2.05) is 27.7 Å². The van der Waals surface area contributed by atoms with Gasteiger partial charge in [-0.1, -0.05) is 0 Å². The van der Waals surface area contributed by atoms with Crippen LogP contribution in [0.15, 0.2) is 12.1 Å². The molecule has 0 amide bonds. The van der Waals surface area contributed by atoms with Gasteiger partial charge in [0.1, 0.15) is 11.4 Å². The van der Waals surface area contributed by atoms with Gasteiger partial charge in [-0.05, 0) is 27.7 Å². The lowest BCUT2D eigenvalue weighted by Crippen LogP contribution is -2.41. The molecule has 2 rings (SSSR count). The molecular formula is C12H17BN2O5. The van der Waals surface area contributed by atoms with E-state index in [4.69, 9.17) is 15.0 Å². The third-order valence-corrected chi connectivity index (χ3v) is 3.88. The first kappa shape index (κ1) is 14.6. The average Bonchev–Trinajstić information content (AvgIpc) is 2.47. The van der Waals surface area contributed by atoms with Crippen molar-refractivity contribution in [1.29, 1.82) is 0 Å². The number of phenolic OH excluding ortho intramolecular Hbond substituents is 1. The number of phenols is 1. The lowest BCUT2D eigenvalue weighted by Gasteiger charge is -2.32. The van der Waals surface area contributed by atoms with Gasteiger partial charge in [-0.2, -0.15) is 0 Å². The van der Waals surface area contributed by atoms with E-state index in [-0.39, 0.29) is 22.6 Å². The first-order valence-corrected chi connectivity index (χ1v) is 6.17. The van der Waals surface area contributed by atoms with Crippen molar-refractivity contribution in [3.05, 3.63) is 22.2 Å². The maximum atomic E-state index is 10.9. The maximum absolute atomic E-state index is 10.9. The van der Waals surface area contributed by atoms with E-state index in [2.05, 4.69) is 0 Å². The first-order valence-electron chi connectivity index (χ1n) is 6.17. The largest absolute Gasteiger partial charge is 0.508 e. The topological polar surface area (TPSA) is 108 Å². The number of hydrogen-bond donors (Lipinski definition) is 2. The minimum absolute atomic E-state index is 0.104. The van der Waals surface area contributed by atoms with Crippen molar-refractivity contribution < 1.29 is 19.3 Å². The third-order valence-electron chi connectivity index (χ3n) is 3.88. The molecule has 1 heterocycles. The fourth-order valence-electron chi connectivity index (χ4n) is 1.93. The fourth-order valence-corrected chi connectivity index (χ4v) is 1.93. The number of nitrogens with zero attached hydrogens (tertiary/aromatic N) is 1. The van der Waals surface area contributed by atoms with Crippen LogP contribution in [-0.2, 0) is 9.31 Å². The highest BCUT2D eigenvalue weighted by atomic mass is 16.7. The minimum atomic E-state index is -0.876. The Kier molecular flexibility index (Phi) is 3.18. The molecule has 0 saturated carbocycles. The zero-order valence-electron chi connectivity index (χ0n) is 11.8. The quantitative estimate of drug-likeness (QED) is 0.364. The van der Waals surface area contributed by atoms with Gasteiger partial charge in [-0.3, -0.25) is 10.1 Å². The lowest BCUT2D eigenvalue weighted by atomic mass is 9.78. The molecule has 0 spiro atoms. The molecule has 0 atom stereocenters. The molecule has 0 aromatic heterocycles. The lowest BCUT2D eigenvalue weighted by molar-refractivity contribution is -0.383. The Morgan fingerprint density at radius 2 is 1.75 bits per heavy atom. The summed E-state index contributed by atoms with van der Waals surface area (Å²) in [5, 5.41) is 20.9. The van der Waals surface area contributed by atoms with Crippen LogP contribution in [0.25, 0.3) is 0 Å². The summed E-state index contributed by atoms with van der Waals surface area (Å²) in [6.07, 6.45) is 0. The highest BCUT2D eigenvalue weighted by molar-refractivity contribution is 6.63. The van der Waals surface area contributed by atoms with Crippen LogP contribution in [-0.4, -0.2) is 28.4 Å². The van der Waals surface area contributed by atoms with Crippen LogP contribution in [0.5, 0.6) is 5.75 Å². The van der Waals surface area contributed by atoms with Crippen LogP contribution in [0.4, 0.5) is 11.4 Å². The second-order valence-electron chi connectivity index (χ2n) is 5.82. The minimum Gasteiger partial charge on any atom is -0.508 e. The normalized spacial score (nSPS) is 20.1. The summed E-state index contributed by atoms with van der Waals surface area (Å²) in [5.41, 5.74) is 4.13. The fraction of sp³-hybridized carbons (Fsp3) is 0.500. The number of aromatic hydroxyl groups is 1. The maximum Gasteiger partial charge on any atom is 0.498 e. The van der Waals surface area contributed by atoms with E-state index < -0.39 is 23.2 Å². The predicted molar refractivity (Wildman–Crippen MR) is 74.9 cm³/mol. The second kappa shape index (κ2) is 4.36. The first-order chi connectivity index (χ1) is 9.05. The number of hydrogen-bond acceptors (Lipinski definition) is 6. The van der Waals surface area contributed by atoms with E-state index in [1.165, 1.54) is 6.07 Å². The summed E-state index contributed by atoms with van der Waals surface area (Å²) in [6, 6.07) is 2.32. The molecule has 1 aliphatic heterocycles. The molecular weight excluding hydrogens is 263 g/mol. The predicted octanol–water partition coefficient (Wildman–Crippen LogP) is 1.18. The number of rotatable bonds is 2. The Balaban J connectivity index is 2.45. The molecule has 1 aliphatic rings. The Morgan fingerprint density at radius 1 is 1.25 bits per heavy atom. The molecule has 108 valence electrons. The summed E-state index contributed by atoms with van der Waals surface area (Å²) in [7, 11) is -0.876. The number of nitrogens with two attached hydrogens (primary N) is 1. The molecule has 0 unspecified atom stereocenters. The molecule has 1 aromatic rings. The van der Waals surface area contributed by atoms with E-state index in [9.17, 15) is 15.2 Å². The summed E-state index contributed by atoms with van der Waals surface area (Å²) in [5.74, 6) is -0.188. The van der Waals surface area contributed by atoms with Gasteiger partial charge < -0.3 is 20.1 Å². The van der Waals surface area contributed by atoms with Crippen molar-refractivity contribution in [3.8, 4) is 5.75 Å². The van der Waals surface area contributed by atoms with Crippen LogP contribution in [0.3, 0.4) is 0 Å². The van der Waals surface area contributed by atoms with Crippen molar-refractivity contribution >= 4 is 24.0 Å². The molecule has 1 fully saturated rings. The number of benzene rings is 1. The number of nitro benzene ring substituents is 1. The van der Waals surface area contributed by atoms with Gasteiger partial charge in [0.25, 0.3) is 5.69 Å². The molecule has 0 bridgehead atoms. The Labute approximate surface area is 117 Å². The van der Waals surface area contributed by atoms with Gasteiger partial charge in [-0.15, -0.1) is 0 Å². The summed E-state index contributed by atoms with van der Waals surface area (Å²) >= 11 is 0. The summed E-state index contributed by atoms with van der Waals surface area (Å²) < 4.78 is 11.5. The SMILES string of the molecule is CC1(C)OB(c2cc([N+](=O)[O-])c(N)cc2O)OC1(C)C. The molecule has 3 N–H and O–H groups in total. The van der Waals surface area contributed by atoms with Crippen molar-refractivity contribution in [2.45, 2.75) is 38.9 Å². The number of nitrogen functional groups attached to an aromatic ring is 1. The standard InChI is InChI=1S/C12H17BN2O5/c1-11(2)12(3,4)20-13(19-11)7-5-9(15(17)18)8(14)6-10(7)16/h5-6,16H,14H2,1-4H3. The molecule has 0 radical (unpaired) electrons. The summed E-state index contributed by atoms with van der Waals surface area (Å²) in [6.45, 7) is 7.43. The van der Waals surface area contributed by atoms with Crippen molar-refractivity contribution in [2.75, 3.05) is 5.73 Å². The van der Waals surface area contributed by atoms with Gasteiger partial charge in [0.15, 0.2) is 0 Å². The van der Waals surface area contributed by atoms with E-state index in [0.29, 0.717) is 0 Å². The van der Waals surface area contributed by atoms with Crippen LogP contribution in [0, 0.1) is 10.1 Å². The molecule has 0 aliphatic carbocycles. The Morgan fingerprint density at radius 3 is 2.20 bits per heavy atom. The van der Waals surface area contributed by atoms with E-state index in [0.717, 1.165) is 6.07 Å². The summed E-state index contributed by atoms with van der Waals surface area (Å²) in [4.78, 5) is 10.3. The molecule has 8 heteroatoms. The van der Waals surface area contributed by atoms with Gasteiger partial charge in [-0.25, -0.2) is 0 Å². The van der Waals surface area contributed by atoms with Gasteiger partial charge in [0.05, 0.1) is 16.1 Å². The van der Waals surface area contributed by atoms with Crippen molar-refractivity contribution in [2.24, 2.45) is 0 Å². The Bertz CT molecular complexity index is 557. The molecule has 20 heavy (non-hydrogen) atoms. The monoisotopic (exact) mass is 280 g/mol. The van der Waals surface area contributed by atoms with E-state index >= 15 is 0 Å². The zero-order valence-corrected chi connectivity index (χ0v) is 11.8. The third kappa shape index (κ3) is 2.21. The van der Waals surface area contributed by atoms with Crippen LogP contribution >= 0.6 is 0 Å². The highest BCUT2D eigenvalue weighted by Crippen LogP contribution is 2.37. The van der Waals surface area contributed by atoms with Gasteiger partial charge >= 0.3 is 7.12 Å². The molecule has 1 saturated heterocycles. The van der Waals surface area contributed by atoms with Crippen LogP contribution in [0.1, 0.15) is 27.7 Å². The number of nitro groups is 1. The highest BCUT2D eigenvalue weighted by Gasteiger charge is 2.52. The smallest absolute Gasteiger partial charge is 0.498 e. The molecule has 7 nitrogen and oxygen atoms in total. The van der Waals surface area contributed by atoms with Crippen LogP contribution < -0.4 is 11.2 Å². The average molecular weight is 280 g/mol. The zero-order chi connectivity index (χ0) is 15.3. The molecule has 1 aromatic carbocycles. The second-order valence-corrected chi connectivity index (χ2v) is 5.82. The van der Waals surface area contributed by atoms with Gasteiger partial charge in [0.2, 0.25) is 0 Å². The van der Waals surface area contributed by atoms with Crippen molar-refractivity contribution in [3.63, 3.8) is 0 Å².